The lowest BCUT2D eigenvalue weighted by atomic mass is 9.92. The van der Waals surface area contributed by atoms with E-state index in [2.05, 4.69) is 15.3 Å². The second-order valence-corrected chi connectivity index (χ2v) is 5.22. The number of hydrogen-bond acceptors (Lipinski definition) is 4. The van der Waals surface area contributed by atoms with Gasteiger partial charge in [0.2, 0.25) is 0 Å². The van der Waals surface area contributed by atoms with Crippen LogP contribution in [0.2, 0.25) is 0 Å². The fourth-order valence-corrected chi connectivity index (χ4v) is 1.66. The van der Waals surface area contributed by atoms with Gasteiger partial charge in [0.05, 0.1) is 5.60 Å². The highest BCUT2D eigenvalue weighted by Gasteiger charge is 2.24. The number of aromatic nitrogens is 2. The minimum Gasteiger partial charge on any atom is -0.388 e. The van der Waals surface area contributed by atoms with E-state index in [0.717, 1.165) is 0 Å². The highest BCUT2D eigenvalue weighted by atomic mass is 19.1. The largest absolute Gasteiger partial charge is 0.388 e. The molecule has 0 aliphatic rings. The molecule has 0 aliphatic carbocycles. The van der Waals surface area contributed by atoms with Crippen molar-refractivity contribution in [1.82, 2.24) is 9.97 Å². The van der Waals surface area contributed by atoms with Crippen LogP contribution in [-0.4, -0.2) is 27.2 Å². The zero-order valence-corrected chi connectivity index (χ0v) is 11.3. The second kappa shape index (κ2) is 5.09. The molecule has 1 aromatic heterocycles. The van der Waals surface area contributed by atoms with Gasteiger partial charge >= 0.3 is 0 Å². The molecule has 1 atom stereocenters. The number of fused-ring (bicyclic) bond motifs is 1. The van der Waals surface area contributed by atoms with E-state index in [1.54, 1.807) is 19.1 Å². The third kappa shape index (κ3) is 2.81. The standard InChI is InChI=1S/C14H18FN3O/c1-9(2)14(3,19)7-16-13-10-5-4-6-11(15)12(10)17-8-18-13/h4-6,8-9,19H,7H2,1-3H3,(H,16,17,18). The van der Waals surface area contributed by atoms with Gasteiger partial charge in [-0.1, -0.05) is 19.9 Å². The Balaban J connectivity index is 2.29. The molecular weight excluding hydrogens is 245 g/mol. The molecule has 0 aliphatic heterocycles. The van der Waals surface area contributed by atoms with Gasteiger partial charge in [0, 0.05) is 11.9 Å². The van der Waals surface area contributed by atoms with Crippen LogP contribution in [-0.2, 0) is 0 Å². The summed E-state index contributed by atoms with van der Waals surface area (Å²) in [6, 6.07) is 4.74. The van der Waals surface area contributed by atoms with E-state index < -0.39 is 5.60 Å². The van der Waals surface area contributed by atoms with Crippen molar-refractivity contribution in [2.75, 3.05) is 11.9 Å². The molecule has 1 unspecified atom stereocenters. The van der Waals surface area contributed by atoms with Gasteiger partial charge in [-0.3, -0.25) is 0 Å². The first kappa shape index (κ1) is 13.7. The summed E-state index contributed by atoms with van der Waals surface area (Å²) < 4.78 is 13.6. The summed E-state index contributed by atoms with van der Waals surface area (Å²) in [7, 11) is 0. The summed E-state index contributed by atoms with van der Waals surface area (Å²) in [5.41, 5.74) is -0.575. The van der Waals surface area contributed by atoms with Crippen molar-refractivity contribution in [3.8, 4) is 0 Å². The number of rotatable bonds is 4. The van der Waals surface area contributed by atoms with Crippen molar-refractivity contribution in [1.29, 1.82) is 0 Å². The number of aliphatic hydroxyl groups is 1. The van der Waals surface area contributed by atoms with E-state index in [9.17, 15) is 9.50 Å². The number of nitrogens with zero attached hydrogens (tertiary/aromatic N) is 2. The highest BCUT2D eigenvalue weighted by Crippen LogP contribution is 2.23. The summed E-state index contributed by atoms with van der Waals surface area (Å²) in [6.45, 7) is 5.99. The number of halogens is 1. The van der Waals surface area contributed by atoms with E-state index >= 15 is 0 Å². The Morgan fingerprint density at radius 1 is 1.37 bits per heavy atom. The number of nitrogens with one attached hydrogen (secondary N) is 1. The molecule has 0 radical (unpaired) electrons. The Bertz CT molecular complexity index is 584. The average molecular weight is 263 g/mol. The Labute approximate surface area is 111 Å². The monoisotopic (exact) mass is 263 g/mol. The van der Waals surface area contributed by atoms with E-state index in [0.29, 0.717) is 17.7 Å². The fourth-order valence-electron chi connectivity index (χ4n) is 1.66. The molecule has 2 rings (SSSR count). The fraction of sp³-hybridized carbons (Fsp3) is 0.429. The van der Waals surface area contributed by atoms with Crippen molar-refractivity contribution in [3.63, 3.8) is 0 Å². The molecule has 5 heteroatoms. The van der Waals surface area contributed by atoms with Crippen molar-refractivity contribution < 1.29 is 9.50 Å². The molecule has 0 saturated carbocycles. The van der Waals surface area contributed by atoms with Gasteiger partial charge in [-0.2, -0.15) is 0 Å². The smallest absolute Gasteiger partial charge is 0.149 e. The minimum atomic E-state index is -0.857. The minimum absolute atomic E-state index is 0.102. The second-order valence-electron chi connectivity index (χ2n) is 5.22. The topological polar surface area (TPSA) is 58.0 Å². The van der Waals surface area contributed by atoms with E-state index in [-0.39, 0.29) is 17.3 Å². The predicted octanol–water partition coefficient (Wildman–Crippen LogP) is 2.59. The first-order chi connectivity index (χ1) is 8.92. The Morgan fingerprint density at radius 2 is 2.11 bits per heavy atom. The lowest BCUT2D eigenvalue weighted by molar-refractivity contribution is 0.0266. The van der Waals surface area contributed by atoms with Crippen molar-refractivity contribution in [2.45, 2.75) is 26.4 Å². The van der Waals surface area contributed by atoms with Gasteiger partial charge in [0.1, 0.15) is 23.5 Å². The molecule has 19 heavy (non-hydrogen) atoms. The molecule has 0 amide bonds. The third-order valence-corrected chi connectivity index (χ3v) is 3.47. The van der Waals surface area contributed by atoms with Gasteiger partial charge in [-0.25, -0.2) is 14.4 Å². The van der Waals surface area contributed by atoms with Gasteiger partial charge in [0.25, 0.3) is 0 Å². The molecule has 2 N–H and O–H groups in total. The van der Waals surface area contributed by atoms with Crippen LogP contribution < -0.4 is 5.32 Å². The predicted molar refractivity (Wildman–Crippen MR) is 73.4 cm³/mol. The highest BCUT2D eigenvalue weighted by molar-refractivity contribution is 5.89. The average Bonchev–Trinajstić information content (AvgIpc) is 2.37. The van der Waals surface area contributed by atoms with Crippen LogP contribution in [0.25, 0.3) is 10.9 Å². The summed E-state index contributed by atoms with van der Waals surface area (Å²) in [6.07, 6.45) is 1.32. The van der Waals surface area contributed by atoms with E-state index in [4.69, 9.17) is 0 Å². The maximum atomic E-state index is 13.6. The first-order valence-electron chi connectivity index (χ1n) is 6.27. The summed E-state index contributed by atoms with van der Waals surface area (Å²) >= 11 is 0. The van der Waals surface area contributed by atoms with Crippen LogP contribution >= 0.6 is 0 Å². The molecule has 0 saturated heterocycles. The Kier molecular flexibility index (Phi) is 3.66. The van der Waals surface area contributed by atoms with Gasteiger partial charge < -0.3 is 10.4 Å². The van der Waals surface area contributed by atoms with Crippen molar-refractivity contribution >= 4 is 16.7 Å². The molecule has 4 nitrogen and oxygen atoms in total. The Hall–Kier alpha value is -1.75. The maximum absolute atomic E-state index is 13.6. The van der Waals surface area contributed by atoms with Crippen LogP contribution in [0.4, 0.5) is 10.2 Å². The van der Waals surface area contributed by atoms with Crippen LogP contribution in [0, 0.1) is 11.7 Å². The van der Waals surface area contributed by atoms with Crippen molar-refractivity contribution in [3.05, 3.63) is 30.3 Å². The molecule has 102 valence electrons. The van der Waals surface area contributed by atoms with Gasteiger partial charge in [-0.15, -0.1) is 0 Å². The number of benzene rings is 1. The lowest BCUT2D eigenvalue weighted by Gasteiger charge is -2.28. The SMILES string of the molecule is CC(C)C(C)(O)CNc1ncnc2c(F)cccc12. The zero-order chi connectivity index (χ0) is 14.0. The van der Waals surface area contributed by atoms with Crippen LogP contribution in [0.15, 0.2) is 24.5 Å². The molecule has 0 bridgehead atoms. The zero-order valence-electron chi connectivity index (χ0n) is 11.3. The van der Waals surface area contributed by atoms with Crippen molar-refractivity contribution in [2.24, 2.45) is 5.92 Å². The van der Waals surface area contributed by atoms with E-state index in [1.165, 1.54) is 12.4 Å². The number of anilines is 1. The maximum Gasteiger partial charge on any atom is 0.149 e. The van der Waals surface area contributed by atoms with Crippen LogP contribution in [0.1, 0.15) is 20.8 Å². The quantitative estimate of drug-likeness (QED) is 0.890. The van der Waals surface area contributed by atoms with Crippen LogP contribution in [0.5, 0.6) is 0 Å². The molecular formula is C14H18FN3O. The first-order valence-corrected chi connectivity index (χ1v) is 6.27. The third-order valence-electron chi connectivity index (χ3n) is 3.47. The normalized spacial score (nSPS) is 14.6. The number of hydrogen-bond donors (Lipinski definition) is 2. The summed E-state index contributed by atoms with van der Waals surface area (Å²) in [5, 5.41) is 13.9. The lowest BCUT2D eigenvalue weighted by Crippen LogP contribution is -2.38. The molecule has 1 aromatic carbocycles. The molecule has 2 aromatic rings. The molecule has 0 fully saturated rings. The van der Waals surface area contributed by atoms with Gasteiger partial charge in [0.15, 0.2) is 0 Å². The number of para-hydroxylation sites is 1. The van der Waals surface area contributed by atoms with Crippen LogP contribution in [0.3, 0.4) is 0 Å². The Morgan fingerprint density at radius 3 is 2.79 bits per heavy atom. The summed E-state index contributed by atoms with van der Waals surface area (Å²) in [4.78, 5) is 8.04. The van der Waals surface area contributed by atoms with Gasteiger partial charge in [-0.05, 0) is 25.0 Å². The van der Waals surface area contributed by atoms with E-state index in [1.807, 2.05) is 13.8 Å². The summed E-state index contributed by atoms with van der Waals surface area (Å²) in [5.74, 6) is 0.258. The molecule has 0 spiro atoms. The molecule has 1 heterocycles.